The molecule has 0 amide bonds. The highest BCUT2D eigenvalue weighted by molar-refractivity contribution is 5.70. The molecule has 0 unspecified atom stereocenters. The lowest BCUT2D eigenvalue weighted by Crippen LogP contribution is -1.77. The van der Waals surface area contributed by atoms with Crippen molar-refractivity contribution in [2.24, 2.45) is 0 Å². The highest BCUT2D eigenvalue weighted by Gasteiger charge is 2.04. The second-order valence-corrected chi connectivity index (χ2v) is 3.08. The first-order chi connectivity index (χ1) is 6.83. The predicted molar refractivity (Wildman–Crippen MR) is 56.2 cm³/mol. The molecule has 0 N–H and O–H groups in total. The van der Waals surface area contributed by atoms with Crippen molar-refractivity contribution >= 4 is 0 Å². The van der Waals surface area contributed by atoms with E-state index in [2.05, 4.69) is 0 Å². The molecule has 0 fully saturated rings. The minimum atomic E-state index is 0.861. The monoisotopic (exact) mass is 188 g/mol. The summed E-state index contributed by atoms with van der Waals surface area (Å²) in [4.78, 5) is 0. The van der Waals surface area contributed by atoms with Crippen LogP contribution >= 0.6 is 0 Å². The van der Waals surface area contributed by atoms with Crippen LogP contribution in [0.2, 0.25) is 0 Å². The van der Waals surface area contributed by atoms with Gasteiger partial charge in [0.2, 0.25) is 0 Å². The SMILES string of the molecule is COc1ccc2cc(OC)cc-2cc1. The van der Waals surface area contributed by atoms with Gasteiger partial charge in [-0.1, -0.05) is 12.1 Å². The van der Waals surface area contributed by atoms with Crippen molar-refractivity contribution in [3.8, 4) is 22.6 Å². The molecule has 0 aliphatic heterocycles. The van der Waals surface area contributed by atoms with Crippen molar-refractivity contribution in [3.05, 3.63) is 36.4 Å². The molecule has 0 aromatic rings. The average molecular weight is 188 g/mol. The molecule has 0 saturated carbocycles. The van der Waals surface area contributed by atoms with Crippen molar-refractivity contribution in [2.75, 3.05) is 14.2 Å². The van der Waals surface area contributed by atoms with Gasteiger partial charge in [0.15, 0.2) is 0 Å². The summed E-state index contributed by atoms with van der Waals surface area (Å²) in [7, 11) is 3.34. The Morgan fingerprint density at radius 2 is 1.21 bits per heavy atom. The summed E-state index contributed by atoms with van der Waals surface area (Å²) in [6.45, 7) is 0. The normalized spacial score (nSPS) is 10.1. The predicted octanol–water partition coefficient (Wildman–Crippen LogP) is 2.81. The lowest BCUT2D eigenvalue weighted by Gasteiger charge is -1.91. The Bertz CT molecular complexity index is 374. The van der Waals surface area contributed by atoms with Crippen LogP contribution in [0.25, 0.3) is 11.1 Å². The molecule has 2 aliphatic carbocycles. The number of hydrogen-bond acceptors (Lipinski definition) is 2. The van der Waals surface area contributed by atoms with Crippen molar-refractivity contribution in [1.82, 2.24) is 0 Å². The standard InChI is InChI=1S/C12H12O2/c1-13-11-5-3-9-7-12(14-2)8-10(9)4-6-11/h3-8H,1-2H3. The van der Waals surface area contributed by atoms with Crippen LogP contribution in [0.3, 0.4) is 0 Å². The van der Waals surface area contributed by atoms with Gasteiger partial charge in [-0.3, -0.25) is 0 Å². The molecule has 0 bridgehead atoms. The number of ether oxygens (including phenoxy) is 2. The summed E-state index contributed by atoms with van der Waals surface area (Å²) in [5.41, 5.74) is 2.32. The minimum Gasteiger partial charge on any atom is -0.497 e. The summed E-state index contributed by atoms with van der Waals surface area (Å²) in [5, 5.41) is 0. The van der Waals surface area contributed by atoms with E-state index in [0.717, 1.165) is 22.6 Å². The van der Waals surface area contributed by atoms with Crippen LogP contribution in [0.4, 0.5) is 0 Å². The molecule has 2 heteroatoms. The Balaban J connectivity index is 2.52. The largest absolute Gasteiger partial charge is 0.497 e. The summed E-state index contributed by atoms with van der Waals surface area (Å²) in [5.74, 6) is 1.75. The molecule has 0 atom stereocenters. The van der Waals surface area contributed by atoms with Crippen molar-refractivity contribution in [2.45, 2.75) is 0 Å². The van der Waals surface area contributed by atoms with Gasteiger partial charge in [-0.15, -0.1) is 0 Å². The first kappa shape index (κ1) is 8.88. The molecule has 72 valence electrons. The third-order valence-electron chi connectivity index (χ3n) is 2.25. The van der Waals surface area contributed by atoms with E-state index in [0.29, 0.717) is 0 Å². The maximum Gasteiger partial charge on any atom is 0.120 e. The second kappa shape index (κ2) is 3.58. The summed E-state index contributed by atoms with van der Waals surface area (Å²) in [6.07, 6.45) is 0. The van der Waals surface area contributed by atoms with Crippen LogP contribution in [0.1, 0.15) is 0 Å². The van der Waals surface area contributed by atoms with Gasteiger partial charge >= 0.3 is 0 Å². The van der Waals surface area contributed by atoms with Crippen LogP contribution in [-0.4, -0.2) is 14.2 Å². The Morgan fingerprint density at radius 3 is 1.64 bits per heavy atom. The second-order valence-electron chi connectivity index (χ2n) is 3.08. The molecule has 2 rings (SSSR count). The Hall–Kier alpha value is -1.70. The molecular formula is C12H12O2. The van der Waals surface area contributed by atoms with Crippen LogP contribution in [0.15, 0.2) is 36.4 Å². The van der Waals surface area contributed by atoms with Crippen molar-refractivity contribution in [1.29, 1.82) is 0 Å². The van der Waals surface area contributed by atoms with Crippen molar-refractivity contribution in [3.63, 3.8) is 0 Å². The van der Waals surface area contributed by atoms with E-state index < -0.39 is 0 Å². The van der Waals surface area contributed by atoms with Gasteiger partial charge in [-0.2, -0.15) is 0 Å². The van der Waals surface area contributed by atoms with E-state index >= 15 is 0 Å². The quantitative estimate of drug-likeness (QED) is 0.721. The number of rotatable bonds is 2. The zero-order chi connectivity index (χ0) is 9.97. The first-order valence-electron chi connectivity index (χ1n) is 4.45. The highest BCUT2D eigenvalue weighted by Crippen LogP contribution is 2.30. The van der Waals surface area contributed by atoms with E-state index in [1.807, 2.05) is 36.4 Å². The maximum atomic E-state index is 5.16. The van der Waals surface area contributed by atoms with Gasteiger partial charge in [0.05, 0.1) is 14.2 Å². The molecule has 2 nitrogen and oxygen atoms in total. The van der Waals surface area contributed by atoms with Crippen LogP contribution in [0, 0.1) is 0 Å². The number of methoxy groups -OCH3 is 2. The number of hydrogen-bond donors (Lipinski definition) is 0. The topological polar surface area (TPSA) is 18.5 Å². The molecule has 0 spiro atoms. The fraction of sp³-hybridized carbons (Fsp3) is 0.167. The van der Waals surface area contributed by atoms with Gasteiger partial charge in [0.1, 0.15) is 11.5 Å². The van der Waals surface area contributed by atoms with Gasteiger partial charge in [0, 0.05) is 0 Å². The molecule has 14 heavy (non-hydrogen) atoms. The minimum absolute atomic E-state index is 0.861. The summed E-state index contributed by atoms with van der Waals surface area (Å²) >= 11 is 0. The van der Waals surface area contributed by atoms with E-state index in [9.17, 15) is 0 Å². The van der Waals surface area contributed by atoms with Gasteiger partial charge in [0.25, 0.3) is 0 Å². The highest BCUT2D eigenvalue weighted by atomic mass is 16.5. The van der Waals surface area contributed by atoms with Gasteiger partial charge < -0.3 is 9.47 Å². The third-order valence-corrected chi connectivity index (χ3v) is 2.25. The molecule has 0 aromatic carbocycles. The number of fused-ring (bicyclic) bond motifs is 1. The zero-order valence-corrected chi connectivity index (χ0v) is 8.28. The van der Waals surface area contributed by atoms with E-state index in [1.54, 1.807) is 14.2 Å². The van der Waals surface area contributed by atoms with E-state index in [1.165, 1.54) is 0 Å². The molecular weight excluding hydrogens is 176 g/mol. The average Bonchev–Trinajstić information content (AvgIpc) is 2.52. The Kier molecular flexibility index (Phi) is 2.27. The molecule has 0 radical (unpaired) electrons. The van der Waals surface area contributed by atoms with Gasteiger partial charge in [-0.05, 0) is 35.4 Å². The van der Waals surface area contributed by atoms with Crippen LogP contribution < -0.4 is 9.47 Å². The first-order valence-corrected chi connectivity index (χ1v) is 4.45. The van der Waals surface area contributed by atoms with Crippen molar-refractivity contribution < 1.29 is 9.47 Å². The van der Waals surface area contributed by atoms with Crippen LogP contribution in [0.5, 0.6) is 11.5 Å². The van der Waals surface area contributed by atoms with E-state index in [4.69, 9.17) is 9.47 Å². The Labute approximate surface area is 83.4 Å². The summed E-state index contributed by atoms with van der Waals surface area (Å²) < 4.78 is 10.3. The lowest BCUT2D eigenvalue weighted by molar-refractivity contribution is 0.415. The Morgan fingerprint density at radius 1 is 0.714 bits per heavy atom. The maximum absolute atomic E-state index is 5.16. The van der Waals surface area contributed by atoms with Crippen LogP contribution in [-0.2, 0) is 0 Å². The van der Waals surface area contributed by atoms with E-state index in [-0.39, 0.29) is 0 Å². The third kappa shape index (κ3) is 1.51. The molecule has 2 aliphatic rings. The summed E-state index contributed by atoms with van der Waals surface area (Å²) in [6, 6.07) is 12.0. The smallest absolute Gasteiger partial charge is 0.120 e. The van der Waals surface area contributed by atoms with Gasteiger partial charge in [-0.25, -0.2) is 0 Å². The fourth-order valence-electron chi connectivity index (χ4n) is 1.46. The molecule has 0 heterocycles. The molecule has 0 saturated heterocycles. The fourth-order valence-corrected chi connectivity index (χ4v) is 1.46. The lowest BCUT2D eigenvalue weighted by atomic mass is 10.2. The molecule has 0 aromatic heterocycles. The zero-order valence-electron chi connectivity index (χ0n) is 8.28.